The highest BCUT2D eigenvalue weighted by Gasteiger charge is 2.64. The SMILES string of the molecule is CC(C)(C)C1CCCCC1NC1(C(F)(F)F)CC1. The van der Waals surface area contributed by atoms with Gasteiger partial charge in [-0.05, 0) is 37.0 Å². The zero-order chi connectivity index (χ0) is 13.6. The van der Waals surface area contributed by atoms with Crippen molar-refractivity contribution in [2.75, 3.05) is 0 Å². The minimum absolute atomic E-state index is 0.0304. The van der Waals surface area contributed by atoms with E-state index in [4.69, 9.17) is 0 Å². The minimum atomic E-state index is -4.09. The van der Waals surface area contributed by atoms with Gasteiger partial charge in [-0.2, -0.15) is 13.2 Å². The average Bonchev–Trinajstić information content (AvgIpc) is 2.97. The van der Waals surface area contributed by atoms with Crippen molar-refractivity contribution in [3.05, 3.63) is 0 Å². The summed E-state index contributed by atoms with van der Waals surface area (Å²) in [6.07, 6.45) is 0.562. The Bertz CT molecular complexity index is 299. The van der Waals surface area contributed by atoms with Crippen molar-refractivity contribution >= 4 is 0 Å². The van der Waals surface area contributed by atoms with Crippen LogP contribution in [0.1, 0.15) is 59.3 Å². The number of nitrogens with one attached hydrogen (secondary N) is 1. The summed E-state index contributed by atoms with van der Waals surface area (Å²) in [5.74, 6) is 0.353. The van der Waals surface area contributed by atoms with Crippen LogP contribution in [0.3, 0.4) is 0 Å². The molecule has 0 saturated heterocycles. The average molecular weight is 263 g/mol. The van der Waals surface area contributed by atoms with Crippen molar-refractivity contribution in [2.45, 2.75) is 77.1 Å². The molecule has 2 atom stereocenters. The first-order chi connectivity index (χ1) is 8.16. The normalized spacial score (nSPS) is 32.3. The highest BCUT2D eigenvalue weighted by molar-refractivity contribution is 5.10. The van der Waals surface area contributed by atoms with Crippen LogP contribution in [0.25, 0.3) is 0 Å². The molecule has 2 aliphatic rings. The summed E-state index contributed by atoms with van der Waals surface area (Å²) in [6.45, 7) is 6.43. The summed E-state index contributed by atoms with van der Waals surface area (Å²) in [4.78, 5) is 0. The summed E-state index contributed by atoms with van der Waals surface area (Å²) in [6, 6.07) is 0.0304. The van der Waals surface area contributed by atoms with Gasteiger partial charge < -0.3 is 5.32 Å². The van der Waals surface area contributed by atoms with Crippen molar-refractivity contribution in [1.82, 2.24) is 5.32 Å². The van der Waals surface area contributed by atoms with Crippen LogP contribution in [-0.2, 0) is 0 Å². The molecule has 2 saturated carbocycles. The summed E-state index contributed by atoms with van der Waals surface area (Å²) in [5, 5.41) is 2.98. The Morgan fingerprint density at radius 1 is 1.00 bits per heavy atom. The molecule has 2 rings (SSSR count). The topological polar surface area (TPSA) is 12.0 Å². The van der Waals surface area contributed by atoms with Crippen LogP contribution in [0.2, 0.25) is 0 Å². The van der Waals surface area contributed by atoms with Crippen molar-refractivity contribution in [3.63, 3.8) is 0 Å². The molecule has 0 aromatic carbocycles. The van der Waals surface area contributed by atoms with E-state index in [0.717, 1.165) is 25.7 Å². The van der Waals surface area contributed by atoms with Gasteiger partial charge in [-0.1, -0.05) is 33.6 Å². The lowest BCUT2D eigenvalue weighted by molar-refractivity contribution is -0.170. The summed E-state index contributed by atoms with van der Waals surface area (Å²) in [5.41, 5.74) is -1.47. The van der Waals surface area contributed by atoms with E-state index in [2.05, 4.69) is 26.1 Å². The molecule has 0 aliphatic heterocycles. The van der Waals surface area contributed by atoms with E-state index in [1.54, 1.807) is 0 Å². The van der Waals surface area contributed by atoms with Crippen LogP contribution < -0.4 is 5.32 Å². The van der Waals surface area contributed by atoms with E-state index in [9.17, 15) is 13.2 Å². The molecule has 2 fully saturated rings. The maximum absolute atomic E-state index is 13.0. The first-order valence-corrected chi connectivity index (χ1v) is 7.00. The molecule has 1 N–H and O–H groups in total. The highest BCUT2D eigenvalue weighted by atomic mass is 19.4. The van der Waals surface area contributed by atoms with Gasteiger partial charge in [0, 0.05) is 6.04 Å². The molecule has 4 heteroatoms. The fourth-order valence-electron chi connectivity index (χ4n) is 3.33. The third-order valence-electron chi connectivity index (χ3n) is 4.63. The van der Waals surface area contributed by atoms with E-state index >= 15 is 0 Å². The maximum atomic E-state index is 13.0. The minimum Gasteiger partial charge on any atom is -0.301 e. The van der Waals surface area contributed by atoms with E-state index in [0.29, 0.717) is 5.92 Å². The van der Waals surface area contributed by atoms with Gasteiger partial charge in [0.2, 0.25) is 0 Å². The van der Waals surface area contributed by atoms with E-state index < -0.39 is 11.7 Å². The molecule has 0 amide bonds. The van der Waals surface area contributed by atoms with Gasteiger partial charge in [-0.25, -0.2) is 0 Å². The Labute approximate surface area is 108 Å². The van der Waals surface area contributed by atoms with E-state index in [-0.39, 0.29) is 24.3 Å². The molecule has 18 heavy (non-hydrogen) atoms. The standard InChI is InChI=1S/C14H24F3N/c1-12(2,3)10-6-4-5-7-11(10)18-13(8-9-13)14(15,16)17/h10-11,18H,4-9H2,1-3H3. The number of hydrogen-bond acceptors (Lipinski definition) is 1. The monoisotopic (exact) mass is 263 g/mol. The van der Waals surface area contributed by atoms with E-state index in [1.807, 2.05) is 0 Å². The number of alkyl halides is 3. The molecule has 1 nitrogen and oxygen atoms in total. The molecular weight excluding hydrogens is 239 g/mol. The highest BCUT2D eigenvalue weighted by Crippen LogP contribution is 2.51. The molecule has 0 aromatic heterocycles. The lowest BCUT2D eigenvalue weighted by Crippen LogP contribution is -2.54. The van der Waals surface area contributed by atoms with Gasteiger partial charge in [0.1, 0.15) is 5.54 Å². The lowest BCUT2D eigenvalue weighted by atomic mass is 9.69. The molecule has 106 valence electrons. The van der Waals surface area contributed by atoms with Crippen LogP contribution >= 0.6 is 0 Å². The second-order valence-corrected chi connectivity index (χ2v) is 7.09. The molecule has 0 spiro atoms. The number of halogens is 3. The van der Waals surface area contributed by atoms with Crippen LogP contribution in [0.5, 0.6) is 0 Å². The fourth-order valence-corrected chi connectivity index (χ4v) is 3.33. The van der Waals surface area contributed by atoms with Crippen LogP contribution in [0, 0.1) is 11.3 Å². The molecule has 0 heterocycles. The Kier molecular flexibility index (Phi) is 3.46. The predicted molar refractivity (Wildman–Crippen MR) is 66.4 cm³/mol. The smallest absolute Gasteiger partial charge is 0.301 e. The quantitative estimate of drug-likeness (QED) is 0.784. The van der Waals surface area contributed by atoms with Crippen molar-refractivity contribution in [3.8, 4) is 0 Å². The van der Waals surface area contributed by atoms with Crippen LogP contribution in [0.15, 0.2) is 0 Å². The number of rotatable bonds is 2. The van der Waals surface area contributed by atoms with Crippen LogP contribution in [0.4, 0.5) is 13.2 Å². The van der Waals surface area contributed by atoms with Gasteiger partial charge in [0.05, 0.1) is 0 Å². The van der Waals surface area contributed by atoms with Gasteiger partial charge in [-0.3, -0.25) is 0 Å². The van der Waals surface area contributed by atoms with Crippen LogP contribution in [-0.4, -0.2) is 17.8 Å². The van der Waals surface area contributed by atoms with Gasteiger partial charge in [-0.15, -0.1) is 0 Å². The van der Waals surface area contributed by atoms with Crippen molar-refractivity contribution in [2.24, 2.45) is 11.3 Å². The first-order valence-electron chi connectivity index (χ1n) is 7.00. The second-order valence-electron chi connectivity index (χ2n) is 7.09. The second kappa shape index (κ2) is 4.39. The summed E-state index contributed by atoms with van der Waals surface area (Å²) < 4.78 is 39.0. The molecule has 0 aromatic rings. The lowest BCUT2D eigenvalue weighted by Gasteiger charge is -2.43. The predicted octanol–water partition coefficient (Wildman–Crippen LogP) is 4.28. The summed E-state index contributed by atoms with van der Waals surface area (Å²) in [7, 11) is 0. The molecule has 0 radical (unpaired) electrons. The van der Waals surface area contributed by atoms with Gasteiger partial charge in [0.15, 0.2) is 0 Å². The number of hydrogen-bond donors (Lipinski definition) is 1. The third kappa shape index (κ3) is 2.68. The first kappa shape index (κ1) is 14.2. The Morgan fingerprint density at radius 3 is 2.00 bits per heavy atom. The molecular formula is C14H24F3N. The van der Waals surface area contributed by atoms with Gasteiger partial charge >= 0.3 is 6.18 Å². The Hall–Kier alpha value is -0.250. The third-order valence-corrected chi connectivity index (χ3v) is 4.63. The fraction of sp³-hybridized carbons (Fsp3) is 1.00. The Balaban J connectivity index is 2.07. The molecule has 2 unspecified atom stereocenters. The maximum Gasteiger partial charge on any atom is 0.406 e. The molecule has 2 aliphatic carbocycles. The van der Waals surface area contributed by atoms with Crippen molar-refractivity contribution in [1.29, 1.82) is 0 Å². The zero-order valence-electron chi connectivity index (χ0n) is 11.5. The summed E-state index contributed by atoms with van der Waals surface area (Å²) >= 11 is 0. The largest absolute Gasteiger partial charge is 0.406 e. The Morgan fingerprint density at radius 2 is 1.56 bits per heavy atom. The van der Waals surface area contributed by atoms with Crippen molar-refractivity contribution < 1.29 is 13.2 Å². The van der Waals surface area contributed by atoms with Gasteiger partial charge in [0.25, 0.3) is 0 Å². The molecule has 0 bridgehead atoms. The zero-order valence-corrected chi connectivity index (χ0v) is 11.5. The van der Waals surface area contributed by atoms with E-state index in [1.165, 1.54) is 0 Å².